The number of nitrogens with one attached hydrogen (secondary N) is 1. The monoisotopic (exact) mass is 452 g/mol. The van der Waals surface area contributed by atoms with Crippen molar-refractivity contribution in [3.8, 4) is 0 Å². The Morgan fingerprint density at radius 2 is 2.00 bits per heavy atom. The molecule has 1 fully saturated rings. The average molecular weight is 453 g/mol. The van der Waals surface area contributed by atoms with Crippen LogP contribution in [0.1, 0.15) is 47.3 Å². The highest BCUT2D eigenvalue weighted by atomic mass is 19.1. The van der Waals surface area contributed by atoms with Gasteiger partial charge in [-0.1, -0.05) is 12.1 Å². The second-order valence-electron chi connectivity index (χ2n) is 8.44. The van der Waals surface area contributed by atoms with E-state index in [-0.39, 0.29) is 23.5 Å². The highest BCUT2D eigenvalue weighted by molar-refractivity contribution is 5.98. The highest BCUT2D eigenvalue weighted by Gasteiger charge is 2.28. The summed E-state index contributed by atoms with van der Waals surface area (Å²) in [6.45, 7) is 4.03. The third kappa shape index (κ3) is 5.06. The molecule has 0 atom stereocenters. The van der Waals surface area contributed by atoms with Crippen LogP contribution in [0.5, 0.6) is 0 Å². The molecule has 8 heteroatoms. The number of likely N-dealkylation sites (tertiary alicyclic amines) is 1. The van der Waals surface area contributed by atoms with E-state index in [9.17, 15) is 14.0 Å². The van der Waals surface area contributed by atoms with Gasteiger partial charge in [0.15, 0.2) is 0 Å². The van der Waals surface area contributed by atoms with Crippen LogP contribution in [0.4, 0.5) is 4.39 Å². The summed E-state index contributed by atoms with van der Waals surface area (Å²) in [6, 6.07) is 8.79. The van der Waals surface area contributed by atoms with Crippen LogP contribution in [0, 0.1) is 5.82 Å². The number of piperidine rings is 1. The zero-order valence-corrected chi connectivity index (χ0v) is 19.0. The van der Waals surface area contributed by atoms with E-state index < -0.39 is 0 Å². The Bertz CT molecular complexity index is 1150. The Hall–Kier alpha value is -3.26. The highest BCUT2D eigenvalue weighted by Crippen LogP contribution is 2.31. The van der Waals surface area contributed by atoms with E-state index in [0.717, 1.165) is 16.5 Å². The summed E-state index contributed by atoms with van der Waals surface area (Å²) in [6.07, 6.45) is 4.86. The minimum absolute atomic E-state index is 0.0272. The number of nitrogens with zero attached hydrogens (tertiary/aromatic N) is 3. The summed E-state index contributed by atoms with van der Waals surface area (Å²) < 4.78 is 21.8. The molecule has 1 aliphatic heterocycles. The first-order valence-corrected chi connectivity index (χ1v) is 11.2. The number of amides is 2. The lowest BCUT2D eigenvalue weighted by molar-refractivity contribution is -0.119. The number of rotatable bonds is 7. The van der Waals surface area contributed by atoms with Crippen LogP contribution in [0.3, 0.4) is 0 Å². The van der Waals surface area contributed by atoms with Crippen LogP contribution < -0.4 is 5.32 Å². The number of hydrogen-bond donors (Lipinski definition) is 1. The maximum atomic E-state index is 14.6. The Kier molecular flexibility index (Phi) is 7.03. The number of hydrogen-bond acceptors (Lipinski definition) is 4. The fourth-order valence-electron chi connectivity index (χ4n) is 4.51. The first-order chi connectivity index (χ1) is 16.0. The molecule has 0 spiro atoms. The minimum Gasteiger partial charge on any atom is -0.383 e. The standard InChI is InChI=1S/C25H29FN4O3/c1-17(31)28-15-18-3-4-22(26)21(13-18)19-6-9-29(10-7-19)25(32)24-14-20-16-27-8-5-23(20)30(24)11-12-33-2/h3-5,8,13-14,16,19H,6-7,9-12,15H2,1-2H3,(H,28,31). The van der Waals surface area contributed by atoms with E-state index in [0.29, 0.717) is 56.9 Å². The molecule has 0 radical (unpaired) electrons. The van der Waals surface area contributed by atoms with Crippen molar-refractivity contribution >= 4 is 22.7 Å². The smallest absolute Gasteiger partial charge is 0.270 e. The van der Waals surface area contributed by atoms with Crippen LogP contribution in [0.25, 0.3) is 10.9 Å². The van der Waals surface area contributed by atoms with Crippen LogP contribution in [-0.4, -0.2) is 53.1 Å². The largest absolute Gasteiger partial charge is 0.383 e. The first-order valence-electron chi connectivity index (χ1n) is 11.2. The van der Waals surface area contributed by atoms with Crippen molar-refractivity contribution in [2.24, 2.45) is 0 Å². The van der Waals surface area contributed by atoms with Crippen LogP contribution in [0.15, 0.2) is 42.7 Å². The van der Waals surface area contributed by atoms with Gasteiger partial charge in [0, 0.05) is 58.0 Å². The van der Waals surface area contributed by atoms with Crippen molar-refractivity contribution in [3.63, 3.8) is 0 Å². The molecule has 1 saturated heterocycles. The summed E-state index contributed by atoms with van der Waals surface area (Å²) in [5.74, 6) is -0.347. The van der Waals surface area contributed by atoms with Crippen LogP contribution in [0.2, 0.25) is 0 Å². The van der Waals surface area contributed by atoms with Crippen molar-refractivity contribution in [1.29, 1.82) is 0 Å². The summed E-state index contributed by atoms with van der Waals surface area (Å²) in [5, 5.41) is 3.67. The molecule has 174 valence electrons. The molecule has 3 aromatic rings. The van der Waals surface area contributed by atoms with Crippen LogP contribution in [-0.2, 0) is 22.6 Å². The van der Waals surface area contributed by atoms with Gasteiger partial charge < -0.3 is 19.5 Å². The molecular formula is C25H29FN4O3. The van der Waals surface area contributed by atoms with Crippen LogP contribution >= 0.6 is 0 Å². The third-order valence-corrected chi connectivity index (χ3v) is 6.26. The van der Waals surface area contributed by atoms with Crippen molar-refractivity contribution in [1.82, 2.24) is 19.8 Å². The van der Waals surface area contributed by atoms with E-state index in [1.807, 2.05) is 27.7 Å². The molecule has 3 heterocycles. The lowest BCUT2D eigenvalue weighted by Crippen LogP contribution is -2.39. The normalized spacial score (nSPS) is 14.6. The number of benzene rings is 1. The van der Waals surface area contributed by atoms with Gasteiger partial charge in [0.25, 0.3) is 5.91 Å². The van der Waals surface area contributed by atoms with Gasteiger partial charge in [-0.05, 0) is 48.1 Å². The molecule has 0 saturated carbocycles. The number of halogens is 1. The number of carbonyl (C=O) groups is 2. The van der Waals surface area contributed by atoms with Gasteiger partial charge >= 0.3 is 0 Å². The Labute approximate surface area is 192 Å². The number of pyridine rings is 1. The number of carbonyl (C=O) groups excluding carboxylic acids is 2. The molecule has 0 bridgehead atoms. The van der Waals surface area contributed by atoms with Crippen molar-refractivity contribution in [3.05, 3.63) is 65.4 Å². The first kappa shape index (κ1) is 22.9. The second kappa shape index (κ2) is 10.1. The molecule has 0 aliphatic carbocycles. The maximum Gasteiger partial charge on any atom is 0.270 e. The summed E-state index contributed by atoms with van der Waals surface area (Å²) >= 11 is 0. The molecule has 1 aliphatic rings. The summed E-state index contributed by atoms with van der Waals surface area (Å²) in [7, 11) is 1.64. The molecular weight excluding hydrogens is 423 g/mol. The number of aromatic nitrogens is 2. The maximum absolute atomic E-state index is 14.6. The number of fused-ring (bicyclic) bond motifs is 1. The van der Waals surface area contributed by atoms with E-state index in [1.54, 1.807) is 25.6 Å². The predicted octanol–water partition coefficient (Wildman–Crippen LogP) is 3.48. The molecule has 0 unspecified atom stereocenters. The van der Waals surface area contributed by atoms with E-state index in [4.69, 9.17) is 4.74 Å². The molecule has 1 N–H and O–H groups in total. The molecule has 33 heavy (non-hydrogen) atoms. The minimum atomic E-state index is -0.237. The molecule has 7 nitrogen and oxygen atoms in total. The Morgan fingerprint density at radius 1 is 1.21 bits per heavy atom. The van der Waals surface area contributed by atoms with Crippen molar-refractivity contribution in [2.45, 2.75) is 38.8 Å². The van der Waals surface area contributed by atoms with E-state index in [2.05, 4.69) is 10.3 Å². The quantitative estimate of drug-likeness (QED) is 0.596. The fourth-order valence-corrected chi connectivity index (χ4v) is 4.51. The predicted molar refractivity (Wildman–Crippen MR) is 123 cm³/mol. The van der Waals surface area contributed by atoms with Crippen molar-refractivity contribution in [2.75, 3.05) is 26.8 Å². The van der Waals surface area contributed by atoms with E-state index in [1.165, 1.54) is 13.0 Å². The third-order valence-electron chi connectivity index (χ3n) is 6.26. The molecule has 2 amide bonds. The fraction of sp³-hybridized carbons (Fsp3) is 0.400. The Balaban J connectivity index is 1.48. The van der Waals surface area contributed by atoms with Gasteiger partial charge in [-0.15, -0.1) is 0 Å². The van der Waals surface area contributed by atoms with Gasteiger partial charge in [0.2, 0.25) is 5.91 Å². The summed E-state index contributed by atoms with van der Waals surface area (Å²) in [4.78, 5) is 30.6. The average Bonchev–Trinajstić information content (AvgIpc) is 3.20. The Morgan fingerprint density at radius 3 is 2.73 bits per heavy atom. The van der Waals surface area contributed by atoms with Gasteiger partial charge in [0.1, 0.15) is 11.5 Å². The van der Waals surface area contributed by atoms with Gasteiger partial charge in [-0.2, -0.15) is 0 Å². The zero-order chi connectivity index (χ0) is 23.4. The van der Waals surface area contributed by atoms with Gasteiger partial charge in [-0.25, -0.2) is 4.39 Å². The molecule has 4 rings (SSSR count). The summed E-state index contributed by atoms with van der Waals surface area (Å²) in [5.41, 5.74) is 3.11. The van der Waals surface area contributed by atoms with Gasteiger partial charge in [-0.3, -0.25) is 14.6 Å². The number of ether oxygens (including phenoxy) is 1. The number of methoxy groups -OCH3 is 1. The second-order valence-corrected chi connectivity index (χ2v) is 8.44. The van der Waals surface area contributed by atoms with Crippen molar-refractivity contribution < 1.29 is 18.7 Å². The SMILES string of the molecule is COCCn1c(C(=O)N2CCC(c3cc(CNC(C)=O)ccc3F)CC2)cc2cnccc21. The molecule has 1 aromatic carbocycles. The lowest BCUT2D eigenvalue weighted by atomic mass is 9.88. The molecule has 2 aromatic heterocycles. The van der Waals surface area contributed by atoms with Gasteiger partial charge in [0.05, 0.1) is 12.1 Å². The topological polar surface area (TPSA) is 76.5 Å². The zero-order valence-electron chi connectivity index (χ0n) is 19.0. The van der Waals surface area contributed by atoms with E-state index >= 15 is 0 Å². The lowest BCUT2D eigenvalue weighted by Gasteiger charge is -2.32.